The number of fused-ring (bicyclic) bond motifs is 12. The van der Waals surface area contributed by atoms with Crippen LogP contribution in [-0.4, -0.2) is 8.80 Å². The molecule has 0 radical (unpaired) electrons. The number of para-hydroxylation sites is 4. The third-order valence-electron chi connectivity index (χ3n) is 19.5. The van der Waals surface area contributed by atoms with E-state index in [9.17, 15) is 0 Å². The molecule has 0 saturated heterocycles. The van der Waals surface area contributed by atoms with E-state index in [1.54, 1.807) is 0 Å². The smallest absolute Gasteiger partial charge is 0.0634 e. The second kappa shape index (κ2) is 21.6. The second-order valence-electron chi connectivity index (χ2n) is 24.7. The van der Waals surface area contributed by atoms with Gasteiger partial charge in [0.1, 0.15) is 0 Å². The number of anilines is 6. The van der Waals surface area contributed by atoms with E-state index in [1.165, 1.54) is 110 Å². The van der Waals surface area contributed by atoms with Gasteiger partial charge in [-0.3, -0.25) is 0 Å². The largest absolute Gasteiger partial charge is 0.310 e. The predicted octanol–water partition coefficient (Wildman–Crippen LogP) is 24.9. The van der Waals surface area contributed by atoms with Gasteiger partial charge in [-0.1, -0.05) is 279 Å². The Kier molecular flexibility index (Phi) is 12.3. The first-order chi connectivity index (χ1) is 46.7. The van der Waals surface area contributed by atoms with Crippen LogP contribution in [0.15, 0.2) is 352 Å². The lowest BCUT2D eigenvalue weighted by Gasteiger charge is -2.28. The van der Waals surface area contributed by atoms with Crippen molar-refractivity contribution in [2.24, 2.45) is 0 Å². The van der Waals surface area contributed by atoms with Gasteiger partial charge in [0.05, 0.1) is 44.5 Å². The molecule has 0 aliphatic heterocycles. The van der Waals surface area contributed by atoms with Crippen LogP contribution in [-0.2, 0) is 0 Å². The number of aromatic nitrogens is 2. The van der Waals surface area contributed by atoms with Gasteiger partial charge in [0, 0.05) is 88.1 Å². The molecule has 4 heteroatoms. The topological polar surface area (TPSA) is 15.3 Å². The van der Waals surface area contributed by atoms with E-state index >= 15 is 0 Å². The Morgan fingerprint density at radius 2 is 0.511 bits per heavy atom. The molecule has 0 amide bonds. The summed E-state index contributed by atoms with van der Waals surface area (Å²) in [5.41, 5.74) is 27.7. The molecule has 0 aliphatic rings. The van der Waals surface area contributed by atoms with E-state index < -0.39 is 0 Å². The van der Waals surface area contributed by atoms with Gasteiger partial charge in [0.25, 0.3) is 0 Å². The first-order valence-corrected chi connectivity index (χ1v) is 32.4. The van der Waals surface area contributed by atoms with Gasteiger partial charge in [0.15, 0.2) is 0 Å². The Balaban J connectivity index is 0.920. The zero-order valence-electron chi connectivity index (χ0n) is 51.3. The third-order valence-corrected chi connectivity index (χ3v) is 19.5. The fourth-order valence-corrected chi connectivity index (χ4v) is 15.5. The van der Waals surface area contributed by atoms with Gasteiger partial charge in [-0.15, -0.1) is 0 Å². The average Bonchev–Trinajstić information content (AvgIpc) is 1.50. The summed E-state index contributed by atoms with van der Waals surface area (Å²) in [5, 5.41) is 9.78. The highest BCUT2D eigenvalue weighted by atomic mass is 15.2. The molecule has 4 aromatic heterocycles. The minimum atomic E-state index is 1.07. The Bertz CT molecular complexity index is 5670. The second-order valence-corrected chi connectivity index (χ2v) is 24.7. The maximum absolute atomic E-state index is 2.64. The van der Waals surface area contributed by atoms with E-state index in [0.29, 0.717) is 0 Å². The monoisotopic (exact) mass is 1190 g/mol. The van der Waals surface area contributed by atoms with Crippen LogP contribution < -0.4 is 9.80 Å². The summed E-state index contributed by atoms with van der Waals surface area (Å²) in [7, 11) is 0. The molecule has 438 valence electrons. The Hall–Kier alpha value is -12.5. The van der Waals surface area contributed by atoms with Gasteiger partial charge < -0.3 is 18.6 Å². The quantitative estimate of drug-likeness (QED) is 0.121. The zero-order valence-corrected chi connectivity index (χ0v) is 51.3. The van der Waals surface area contributed by atoms with Crippen molar-refractivity contribution in [3.63, 3.8) is 0 Å². The molecule has 19 aromatic rings. The van der Waals surface area contributed by atoms with Crippen molar-refractivity contribution in [3.05, 3.63) is 352 Å². The summed E-state index contributed by atoms with van der Waals surface area (Å²) in [6.45, 7) is 0. The van der Waals surface area contributed by atoms with Crippen molar-refractivity contribution in [2.75, 3.05) is 9.80 Å². The van der Waals surface area contributed by atoms with E-state index in [-0.39, 0.29) is 0 Å². The molecule has 0 bridgehead atoms. The molecular weight excluding hydrogens is 1140 g/mol. The van der Waals surface area contributed by atoms with Crippen molar-refractivity contribution >= 4 is 110 Å². The maximum Gasteiger partial charge on any atom is 0.0634 e. The van der Waals surface area contributed by atoms with E-state index in [1.807, 2.05) is 0 Å². The molecule has 4 nitrogen and oxygen atoms in total. The van der Waals surface area contributed by atoms with Crippen molar-refractivity contribution in [2.45, 2.75) is 0 Å². The van der Waals surface area contributed by atoms with Crippen LogP contribution in [0.1, 0.15) is 0 Å². The van der Waals surface area contributed by atoms with Crippen molar-refractivity contribution in [3.8, 4) is 66.8 Å². The molecule has 0 saturated carbocycles. The van der Waals surface area contributed by atoms with Crippen LogP contribution in [0.4, 0.5) is 34.1 Å². The van der Waals surface area contributed by atoms with Crippen LogP contribution in [0, 0.1) is 0 Å². The van der Waals surface area contributed by atoms with Crippen LogP contribution in [0.25, 0.3) is 143 Å². The fourth-order valence-electron chi connectivity index (χ4n) is 15.5. The summed E-state index contributed by atoms with van der Waals surface area (Å²) < 4.78 is 5.28. The van der Waals surface area contributed by atoms with Gasteiger partial charge in [0.2, 0.25) is 0 Å². The van der Waals surface area contributed by atoms with Crippen molar-refractivity contribution < 1.29 is 0 Å². The highest BCUT2D eigenvalue weighted by Crippen LogP contribution is 2.56. The standard InChI is InChI=1S/C90H58N4/c1-9-27-59(28-10-1)65-47-53-79(77(55-65)61-31-13-3-14-32-61)91(67-39-21-7-22-40-67)69-49-51-71-73-43-25-45-75-85-84(64-37-19-6-20-38-64)90-86(83(63-35-17-5-18-36-63)89(85)93(87(73)75)81(71)57-69)76-46-26-44-74-72-52-50-70(58-82(72)94(90)88(74)76)92(68-41-23-8-24-42-68)80-54-48-66(60-29-11-2-12-30-60)56-78(80)62-33-15-4-16-34-62/h1-58H. The van der Waals surface area contributed by atoms with Crippen molar-refractivity contribution in [1.29, 1.82) is 0 Å². The Morgan fingerprint density at radius 3 is 0.872 bits per heavy atom. The maximum atomic E-state index is 2.64. The summed E-state index contributed by atoms with van der Waals surface area (Å²) in [6.07, 6.45) is 0. The lowest BCUT2D eigenvalue weighted by molar-refractivity contribution is 1.28. The molecule has 0 fully saturated rings. The third kappa shape index (κ3) is 8.26. The minimum Gasteiger partial charge on any atom is -0.310 e. The molecule has 0 unspecified atom stereocenters. The van der Waals surface area contributed by atoms with Gasteiger partial charge >= 0.3 is 0 Å². The van der Waals surface area contributed by atoms with Gasteiger partial charge in [-0.25, -0.2) is 0 Å². The van der Waals surface area contributed by atoms with Crippen LogP contribution in [0.2, 0.25) is 0 Å². The molecule has 0 spiro atoms. The van der Waals surface area contributed by atoms with Crippen LogP contribution in [0.5, 0.6) is 0 Å². The summed E-state index contributed by atoms with van der Waals surface area (Å²) >= 11 is 0. The Morgan fingerprint density at radius 1 is 0.191 bits per heavy atom. The summed E-state index contributed by atoms with van der Waals surface area (Å²) in [5.74, 6) is 0. The molecule has 0 N–H and O–H groups in total. The molecule has 15 aromatic carbocycles. The van der Waals surface area contributed by atoms with Gasteiger partial charge in [-0.2, -0.15) is 0 Å². The highest BCUT2D eigenvalue weighted by Gasteiger charge is 2.32. The summed E-state index contributed by atoms with van der Waals surface area (Å²) in [4.78, 5) is 4.92. The van der Waals surface area contributed by atoms with E-state index in [4.69, 9.17) is 0 Å². The molecule has 94 heavy (non-hydrogen) atoms. The van der Waals surface area contributed by atoms with Crippen LogP contribution >= 0.6 is 0 Å². The zero-order chi connectivity index (χ0) is 61.8. The molecular formula is C90H58N4. The average molecular weight is 1200 g/mol. The Labute approximate surface area is 544 Å². The first kappa shape index (κ1) is 53.3. The lowest BCUT2D eigenvalue weighted by Crippen LogP contribution is -2.11. The number of benzene rings is 15. The molecule has 4 heterocycles. The number of hydrogen-bond donors (Lipinski definition) is 0. The van der Waals surface area contributed by atoms with Crippen molar-refractivity contribution in [1.82, 2.24) is 8.80 Å². The highest BCUT2D eigenvalue weighted by molar-refractivity contribution is 6.38. The minimum absolute atomic E-state index is 1.07. The number of hydrogen-bond acceptors (Lipinski definition) is 2. The van der Waals surface area contributed by atoms with E-state index in [0.717, 1.165) is 67.4 Å². The molecule has 19 rings (SSSR count). The lowest BCUT2D eigenvalue weighted by atomic mass is 9.89. The number of nitrogens with zero attached hydrogens (tertiary/aromatic N) is 4. The predicted molar refractivity (Wildman–Crippen MR) is 398 cm³/mol. The van der Waals surface area contributed by atoms with Crippen LogP contribution in [0.3, 0.4) is 0 Å². The first-order valence-electron chi connectivity index (χ1n) is 32.4. The molecule has 0 atom stereocenters. The van der Waals surface area contributed by atoms with E-state index in [2.05, 4.69) is 370 Å². The normalized spacial score (nSPS) is 11.8. The van der Waals surface area contributed by atoms with Gasteiger partial charge in [-0.05, 0) is 117 Å². The fraction of sp³-hybridized carbons (Fsp3) is 0. The molecule has 0 aliphatic carbocycles. The number of rotatable bonds is 12. The summed E-state index contributed by atoms with van der Waals surface area (Å²) in [6, 6.07) is 130. The SMILES string of the molecule is c1ccc(-c2ccc(N(c3ccccc3)c3ccc4c5cccc6c7c(-c8ccccc8)c8c(c(-c9ccccc9)c7n(c4c3)c56)c3cccc4c5ccc(N(c6ccccc6)c6ccc(-c7ccccc7)cc6-c6ccccc6)cc5n8c43)c(-c3ccccc3)c2)cc1.